The topological polar surface area (TPSA) is 75.4 Å². The zero-order valence-corrected chi connectivity index (χ0v) is 5.16. The first-order valence-corrected chi connectivity index (χ1v) is 2.46. The van der Waals surface area contributed by atoms with Crippen LogP contribution in [0.5, 0.6) is 5.88 Å². The molecule has 0 aliphatic heterocycles. The lowest BCUT2D eigenvalue weighted by Gasteiger charge is -1.89. The third-order valence-electron chi connectivity index (χ3n) is 0.875. The van der Waals surface area contributed by atoms with Gasteiger partial charge in [0.05, 0.1) is 7.11 Å². The SMILES string of the molecule is COC(=O)c1cc([O-])no1. The van der Waals surface area contributed by atoms with Gasteiger partial charge in [0.15, 0.2) is 0 Å². The largest absolute Gasteiger partial charge is 0.856 e. The number of methoxy groups -OCH3 is 1. The Morgan fingerprint density at radius 1 is 1.90 bits per heavy atom. The number of nitrogens with zero attached hydrogens (tertiary/aromatic N) is 1. The van der Waals surface area contributed by atoms with Crippen LogP contribution in [0.25, 0.3) is 0 Å². The Morgan fingerprint density at radius 3 is 3.00 bits per heavy atom. The molecule has 1 heterocycles. The van der Waals surface area contributed by atoms with Crippen molar-refractivity contribution in [2.75, 3.05) is 7.11 Å². The smallest absolute Gasteiger partial charge is 0.376 e. The maximum absolute atomic E-state index is 10.5. The molecule has 0 atom stereocenters. The number of aromatic nitrogens is 1. The van der Waals surface area contributed by atoms with Crippen molar-refractivity contribution in [3.8, 4) is 5.88 Å². The molecule has 10 heavy (non-hydrogen) atoms. The fourth-order valence-electron chi connectivity index (χ4n) is 0.456. The summed E-state index contributed by atoms with van der Waals surface area (Å²) in [5.41, 5.74) is 0. The van der Waals surface area contributed by atoms with Crippen molar-refractivity contribution in [3.63, 3.8) is 0 Å². The van der Waals surface area contributed by atoms with Crippen LogP contribution in [0.3, 0.4) is 0 Å². The first-order chi connectivity index (χ1) is 4.74. The minimum Gasteiger partial charge on any atom is -0.856 e. The summed E-state index contributed by atoms with van der Waals surface area (Å²) in [6.07, 6.45) is 0. The maximum Gasteiger partial charge on any atom is 0.376 e. The summed E-state index contributed by atoms with van der Waals surface area (Å²) in [5, 5.41) is 13.3. The summed E-state index contributed by atoms with van der Waals surface area (Å²) >= 11 is 0. The quantitative estimate of drug-likeness (QED) is 0.495. The minimum absolute atomic E-state index is 0.174. The van der Waals surface area contributed by atoms with E-state index >= 15 is 0 Å². The van der Waals surface area contributed by atoms with Gasteiger partial charge >= 0.3 is 5.97 Å². The van der Waals surface area contributed by atoms with E-state index in [0.717, 1.165) is 6.07 Å². The van der Waals surface area contributed by atoms with Crippen LogP contribution >= 0.6 is 0 Å². The van der Waals surface area contributed by atoms with Gasteiger partial charge in [0.2, 0.25) is 5.76 Å². The van der Waals surface area contributed by atoms with Crippen molar-refractivity contribution < 1.29 is 19.2 Å². The van der Waals surface area contributed by atoms with E-state index in [-0.39, 0.29) is 5.76 Å². The molecule has 0 aliphatic carbocycles. The van der Waals surface area contributed by atoms with Gasteiger partial charge < -0.3 is 14.4 Å². The van der Waals surface area contributed by atoms with Crippen LogP contribution in [0.1, 0.15) is 10.6 Å². The van der Waals surface area contributed by atoms with Crippen LogP contribution in [0.15, 0.2) is 10.6 Å². The lowest BCUT2D eigenvalue weighted by atomic mass is 10.5. The monoisotopic (exact) mass is 142 g/mol. The van der Waals surface area contributed by atoms with Crippen molar-refractivity contribution in [2.45, 2.75) is 0 Å². The van der Waals surface area contributed by atoms with Gasteiger partial charge in [-0.3, -0.25) is 0 Å². The molecule has 0 N–H and O–H groups in total. The Kier molecular flexibility index (Phi) is 1.57. The second-order valence-corrected chi connectivity index (χ2v) is 1.52. The Labute approximate surface area is 56.2 Å². The molecule has 0 bridgehead atoms. The molecule has 0 aromatic carbocycles. The maximum atomic E-state index is 10.5. The van der Waals surface area contributed by atoms with Gasteiger partial charge in [0.25, 0.3) is 0 Å². The van der Waals surface area contributed by atoms with Crippen LogP contribution in [0, 0.1) is 0 Å². The van der Waals surface area contributed by atoms with Crippen molar-refractivity contribution >= 4 is 5.97 Å². The van der Waals surface area contributed by atoms with Crippen molar-refractivity contribution in [1.82, 2.24) is 5.16 Å². The molecule has 54 valence electrons. The molecule has 1 rings (SSSR count). The number of ether oxygens (including phenoxy) is 1. The predicted octanol–water partition coefficient (Wildman–Crippen LogP) is -0.465. The molecule has 0 amide bonds. The van der Waals surface area contributed by atoms with E-state index in [1.165, 1.54) is 7.11 Å². The van der Waals surface area contributed by atoms with Crippen molar-refractivity contribution in [2.24, 2.45) is 0 Å². The number of rotatable bonds is 1. The molecule has 5 heteroatoms. The van der Waals surface area contributed by atoms with Crippen LogP contribution in [0.4, 0.5) is 0 Å². The third kappa shape index (κ3) is 1.07. The molecular weight excluding hydrogens is 138 g/mol. The molecule has 1 aromatic heterocycles. The van der Waals surface area contributed by atoms with Crippen LogP contribution < -0.4 is 5.11 Å². The van der Waals surface area contributed by atoms with E-state index in [1.807, 2.05) is 0 Å². The van der Waals surface area contributed by atoms with Crippen LogP contribution in [-0.2, 0) is 4.74 Å². The summed E-state index contributed by atoms with van der Waals surface area (Å²) < 4.78 is 8.52. The first-order valence-electron chi connectivity index (χ1n) is 2.46. The number of carbonyl (C=O) groups excluding carboxylic acids is 1. The van der Waals surface area contributed by atoms with Gasteiger partial charge in [-0.15, -0.1) is 0 Å². The van der Waals surface area contributed by atoms with Crippen molar-refractivity contribution in [3.05, 3.63) is 11.8 Å². The first kappa shape index (κ1) is 6.60. The number of esters is 1. The van der Waals surface area contributed by atoms with Crippen LogP contribution in [0.2, 0.25) is 0 Å². The van der Waals surface area contributed by atoms with Crippen molar-refractivity contribution in [1.29, 1.82) is 0 Å². The number of carbonyl (C=O) groups is 1. The molecular formula is C5H4NO4-. The predicted molar refractivity (Wildman–Crippen MR) is 27.3 cm³/mol. The van der Waals surface area contributed by atoms with Crippen LogP contribution in [-0.4, -0.2) is 18.2 Å². The highest BCUT2D eigenvalue weighted by molar-refractivity contribution is 5.86. The summed E-state index contributed by atoms with van der Waals surface area (Å²) in [6.45, 7) is 0. The summed E-state index contributed by atoms with van der Waals surface area (Å²) in [4.78, 5) is 10.5. The second kappa shape index (κ2) is 2.38. The molecule has 0 spiro atoms. The van der Waals surface area contributed by atoms with Gasteiger partial charge in [-0.05, 0) is 0 Å². The Balaban J connectivity index is 2.85. The van der Waals surface area contributed by atoms with E-state index in [0.29, 0.717) is 0 Å². The summed E-state index contributed by atoms with van der Waals surface area (Å²) in [7, 11) is 1.19. The van der Waals surface area contributed by atoms with Gasteiger partial charge in [-0.25, -0.2) is 4.79 Å². The van der Waals surface area contributed by atoms with E-state index in [4.69, 9.17) is 0 Å². The van der Waals surface area contributed by atoms with Gasteiger partial charge in [0, 0.05) is 11.9 Å². The second-order valence-electron chi connectivity index (χ2n) is 1.52. The number of hydrogen-bond donors (Lipinski definition) is 0. The fourth-order valence-corrected chi connectivity index (χ4v) is 0.456. The molecule has 0 unspecified atom stereocenters. The Bertz CT molecular complexity index is 242. The van der Waals surface area contributed by atoms with Gasteiger partial charge in [-0.2, -0.15) is 0 Å². The lowest BCUT2D eigenvalue weighted by Crippen LogP contribution is -1.98. The Hall–Kier alpha value is -1.52. The highest BCUT2D eigenvalue weighted by atomic mass is 16.6. The van der Waals surface area contributed by atoms with E-state index in [2.05, 4.69) is 14.4 Å². The average Bonchev–Trinajstić information content (AvgIpc) is 2.34. The number of hydrogen-bond acceptors (Lipinski definition) is 5. The highest BCUT2D eigenvalue weighted by Gasteiger charge is 2.08. The molecule has 0 radical (unpaired) electrons. The fraction of sp³-hybridized carbons (Fsp3) is 0.200. The van der Waals surface area contributed by atoms with E-state index < -0.39 is 11.8 Å². The molecule has 0 aliphatic rings. The lowest BCUT2D eigenvalue weighted by molar-refractivity contribution is -0.277. The molecule has 5 nitrogen and oxygen atoms in total. The zero-order chi connectivity index (χ0) is 7.56. The van der Waals surface area contributed by atoms with Gasteiger partial charge in [-0.1, -0.05) is 5.16 Å². The standard InChI is InChI=1S/C5H5NO4/c1-9-5(8)3-2-4(7)6-10-3/h2H,1H3,(H,6,7)/p-1. The average molecular weight is 142 g/mol. The normalized spacial score (nSPS) is 9.30. The van der Waals surface area contributed by atoms with E-state index in [9.17, 15) is 9.90 Å². The van der Waals surface area contributed by atoms with E-state index in [1.54, 1.807) is 0 Å². The molecule has 0 saturated carbocycles. The van der Waals surface area contributed by atoms with Gasteiger partial charge in [0.1, 0.15) is 0 Å². The Morgan fingerprint density at radius 2 is 2.60 bits per heavy atom. The minimum atomic E-state index is -0.699. The summed E-state index contributed by atoms with van der Waals surface area (Å²) in [5.74, 6) is -1.46. The molecule has 1 aromatic rings. The zero-order valence-electron chi connectivity index (χ0n) is 5.16. The summed E-state index contributed by atoms with van der Waals surface area (Å²) in [6, 6.07) is 0.964. The molecule has 0 fully saturated rings. The molecule has 0 saturated heterocycles. The highest BCUT2D eigenvalue weighted by Crippen LogP contribution is 2.06. The third-order valence-corrected chi connectivity index (χ3v) is 0.875.